The largest absolute Gasteiger partial charge is 0.508 e. The average Bonchev–Trinajstić information content (AvgIpc) is 2.60. The third-order valence-electron chi connectivity index (χ3n) is 4.49. The van der Waals surface area contributed by atoms with Gasteiger partial charge in [0.1, 0.15) is 5.75 Å². The van der Waals surface area contributed by atoms with E-state index in [1.807, 2.05) is 6.07 Å². The van der Waals surface area contributed by atoms with Crippen LogP contribution in [0.1, 0.15) is 16.7 Å². The topological polar surface area (TPSA) is 72.8 Å². The van der Waals surface area contributed by atoms with E-state index in [-0.39, 0.29) is 24.6 Å². The molecule has 1 amide bonds. The summed E-state index contributed by atoms with van der Waals surface area (Å²) in [5.74, 6) is -0.00986. The molecule has 1 aliphatic heterocycles. The normalized spacial score (nSPS) is 15.4. The van der Waals surface area contributed by atoms with Gasteiger partial charge in [-0.3, -0.25) is 9.69 Å². The number of carbonyl (C=O) groups is 1. The van der Waals surface area contributed by atoms with Crippen LogP contribution in [-0.2, 0) is 24.2 Å². The first-order valence-corrected chi connectivity index (χ1v) is 8.62. The molecule has 0 saturated carbocycles. The molecule has 3 N–H and O–H groups in total. The number of hydrogen-bond acceptors (Lipinski definition) is 4. The Morgan fingerprint density at radius 3 is 2.76 bits per heavy atom. The fraction of sp³-hybridized carbons (Fsp3) is 0.350. The predicted molar refractivity (Wildman–Crippen MR) is 96.3 cm³/mol. The summed E-state index contributed by atoms with van der Waals surface area (Å²) < 4.78 is 0. The van der Waals surface area contributed by atoms with Crippen molar-refractivity contribution in [2.75, 3.05) is 19.6 Å². The molecule has 5 heteroatoms. The number of phenols is 1. The van der Waals surface area contributed by atoms with Crippen LogP contribution in [0.2, 0.25) is 0 Å². The van der Waals surface area contributed by atoms with Crippen molar-refractivity contribution in [2.45, 2.75) is 25.5 Å². The zero-order chi connectivity index (χ0) is 17.6. The SMILES string of the molecule is O=C(Cc1cccc(O)c1)NC[C@H](O)CN1CCc2ccccc2C1. The molecular weight excluding hydrogens is 316 g/mol. The van der Waals surface area contributed by atoms with E-state index in [0.717, 1.165) is 25.1 Å². The molecule has 3 rings (SSSR count). The van der Waals surface area contributed by atoms with Crippen LogP contribution in [0.3, 0.4) is 0 Å². The lowest BCUT2D eigenvalue weighted by atomic mass is 10.00. The molecule has 5 nitrogen and oxygen atoms in total. The number of aliphatic hydroxyl groups excluding tert-OH is 1. The van der Waals surface area contributed by atoms with E-state index in [1.165, 1.54) is 11.1 Å². The van der Waals surface area contributed by atoms with Crippen LogP contribution in [0.25, 0.3) is 0 Å². The molecule has 0 aromatic heterocycles. The average molecular weight is 340 g/mol. The first kappa shape index (κ1) is 17.5. The zero-order valence-corrected chi connectivity index (χ0v) is 14.2. The summed E-state index contributed by atoms with van der Waals surface area (Å²) in [5, 5.41) is 22.4. The Hall–Kier alpha value is -2.37. The summed E-state index contributed by atoms with van der Waals surface area (Å²) in [7, 11) is 0. The highest BCUT2D eigenvalue weighted by Gasteiger charge is 2.18. The Bertz CT molecular complexity index is 732. The summed E-state index contributed by atoms with van der Waals surface area (Å²) in [4.78, 5) is 14.2. The molecule has 0 unspecified atom stereocenters. The summed E-state index contributed by atoms with van der Waals surface area (Å²) in [6.45, 7) is 2.53. The maximum atomic E-state index is 12.0. The van der Waals surface area contributed by atoms with Gasteiger partial charge in [0, 0.05) is 26.2 Å². The van der Waals surface area contributed by atoms with Gasteiger partial charge < -0.3 is 15.5 Å². The zero-order valence-electron chi connectivity index (χ0n) is 14.2. The first-order valence-electron chi connectivity index (χ1n) is 8.62. The van der Waals surface area contributed by atoms with Gasteiger partial charge in [0.2, 0.25) is 5.91 Å². The summed E-state index contributed by atoms with van der Waals surface area (Å²) in [6, 6.07) is 15.0. The Balaban J connectivity index is 1.42. The molecule has 1 heterocycles. The number of hydrogen-bond donors (Lipinski definition) is 3. The number of aliphatic hydroxyl groups is 1. The summed E-state index contributed by atoms with van der Waals surface area (Å²) in [6.07, 6.45) is 0.587. The predicted octanol–water partition coefficient (Wildman–Crippen LogP) is 1.47. The molecule has 1 aliphatic rings. The van der Waals surface area contributed by atoms with Crippen molar-refractivity contribution in [2.24, 2.45) is 0 Å². The molecule has 0 fully saturated rings. The van der Waals surface area contributed by atoms with Gasteiger partial charge in [0.15, 0.2) is 0 Å². The quantitative estimate of drug-likeness (QED) is 0.745. The van der Waals surface area contributed by atoms with Crippen molar-refractivity contribution in [3.63, 3.8) is 0 Å². The lowest BCUT2D eigenvalue weighted by molar-refractivity contribution is -0.121. The number of fused-ring (bicyclic) bond motifs is 1. The van der Waals surface area contributed by atoms with Crippen LogP contribution in [0, 0.1) is 0 Å². The lowest BCUT2D eigenvalue weighted by Gasteiger charge is -2.30. The number of benzene rings is 2. The Labute approximate surface area is 147 Å². The van der Waals surface area contributed by atoms with Crippen LogP contribution < -0.4 is 5.32 Å². The van der Waals surface area contributed by atoms with Crippen LogP contribution in [0.5, 0.6) is 5.75 Å². The molecule has 2 aromatic carbocycles. The van der Waals surface area contributed by atoms with E-state index >= 15 is 0 Å². The standard InChI is InChI=1S/C20H24N2O3/c23-18-7-3-4-15(10-18)11-20(25)21-12-19(24)14-22-9-8-16-5-1-2-6-17(16)13-22/h1-7,10,19,23-24H,8-9,11-14H2,(H,21,25)/t19-/m0/s1. The Kier molecular flexibility index (Phi) is 5.68. The molecule has 132 valence electrons. The first-order chi connectivity index (χ1) is 12.1. The van der Waals surface area contributed by atoms with E-state index in [0.29, 0.717) is 6.54 Å². The van der Waals surface area contributed by atoms with Crippen molar-refractivity contribution in [1.82, 2.24) is 10.2 Å². The van der Waals surface area contributed by atoms with Gasteiger partial charge in [-0.25, -0.2) is 0 Å². The number of phenolic OH excluding ortho intramolecular Hbond substituents is 1. The molecule has 0 bridgehead atoms. The number of aromatic hydroxyl groups is 1. The Morgan fingerprint density at radius 2 is 1.96 bits per heavy atom. The number of nitrogens with one attached hydrogen (secondary N) is 1. The van der Waals surface area contributed by atoms with Crippen LogP contribution in [0.4, 0.5) is 0 Å². The fourth-order valence-corrected chi connectivity index (χ4v) is 3.22. The van der Waals surface area contributed by atoms with Gasteiger partial charge in [-0.15, -0.1) is 0 Å². The second kappa shape index (κ2) is 8.14. The molecule has 1 atom stereocenters. The van der Waals surface area contributed by atoms with Crippen molar-refractivity contribution in [3.05, 3.63) is 65.2 Å². The maximum Gasteiger partial charge on any atom is 0.224 e. The van der Waals surface area contributed by atoms with Gasteiger partial charge in [-0.05, 0) is 35.2 Å². The Morgan fingerprint density at radius 1 is 1.16 bits per heavy atom. The molecule has 2 aromatic rings. The highest BCUT2D eigenvalue weighted by atomic mass is 16.3. The van der Waals surface area contributed by atoms with Crippen molar-refractivity contribution in [1.29, 1.82) is 0 Å². The maximum absolute atomic E-state index is 12.0. The second-order valence-electron chi connectivity index (χ2n) is 6.56. The van der Waals surface area contributed by atoms with E-state index in [1.54, 1.807) is 24.3 Å². The molecule has 25 heavy (non-hydrogen) atoms. The van der Waals surface area contributed by atoms with Crippen LogP contribution in [-0.4, -0.2) is 46.8 Å². The number of β-amino-alcohol motifs (C(OH)–C–C–N with tert-alkyl or cyclic N) is 1. The minimum atomic E-state index is -0.599. The molecule has 0 radical (unpaired) electrons. The fourth-order valence-electron chi connectivity index (χ4n) is 3.22. The molecule has 0 aliphatic carbocycles. The number of nitrogens with zero attached hydrogens (tertiary/aromatic N) is 1. The summed E-state index contributed by atoms with van der Waals surface area (Å²) >= 11 is 0. The third-order valence-corrected chi connectivity index (χ3v) is 4.49. The van der Waals surface area contributed by atoms with Gasteiger partial charge in [0.05, 0.1) is 12.5 Å². The number of carbonyl (C=O) groups excluding carboxylic acids is 1. The van der Waals surface area contributed by atoms with E-state index in [4.69, 9.17) is 0 Å². The van der Waals surface area contributed by atoms with Crippen LogP contribution >= 0.6 is 0 Å². The van der Waals surface area contributed by atoms with E-state index in [9.17, 15) is 15.0 Å². The number of amides is 1. The van der Waals surface area contributed by atoms with Gasteiger partial charge >= 0.3 is 0 Å². The molecule has 0 saturated heterocycles. The van der Waals surface area contributed by atoms with Crippen molar-refractivity contribution in [3.8, 4) is 5.75 Å². The minimum Gasteiger partial charge on any atom is -0.508 e. The van der Waals surface area contributed by atoms with Crippen LogP contribution in [0.15, 0.2) is 48.5 Å². The third kappa shape index (κ3) is 5.05. The lowest BCUT2D eigenvalue weighted by Crippen LogP contribution is -2.42. The van der Waals surface area contributed by atoms with Gasteiger partial charge in [0.25, 0.3) is 0 Å². The van der Waals surface area contributed by atoms with E-state index in [2.05, 4.69) is 28.4 Å². The van der Waals surface area contributed by atoms with Crippen molar-refractivity contribution < 1.29 is 15.0 Å². The molecule has 0 spiro atoms. The molecular formula is C20H24N2O3. The minimum absolute atomic E-state index is 0.149. The monoisotopic (exact) mass is 340 g/mol. The summed E-state index contributed by atoms with van der Waals surface area (Å²) in [5.41, 5.74) is 3.45. The van der Waals surface area contributed by atoms with Gasteiger partial charge in [-0.2, -0.15) is 0 Å². The highest BCUT2D eigenvalue weighted by molar-refractivity contribution is 5.78. The van der Waals surface area contributed by atoms with Crippen molar-refractivity contribution >= 4 is 5.91 Å². The second-order valence-corrected chi connectivity index (χ2v) is 6.56. The number of rotatable bonds is 6. The van der Waals surface area contributed by atoms with E-state index < -0.39 is 6.10 Å². The van der Waals surface area contributed by atoms with Gasteiger partial charge in [-0.1, -0.05) is 36.4 Å². The highest BCUT2D eigenvalue weighted by Crippen LogP contribution is 2.18. The smallest absolute Gasteiger partial charge is 0.224 e.